The molecule has 0 radical (unpaired) electrons. The Morgan fingerprint density at radius 3 is 2.11 bits per heavy atom. The van der Waals surface area contributed by atoms with E-state index in [1.54, 1.807) is 6.92 Å². The molecule has 1 saturated heterocycles. The molecule has 35 heavy (non-hydrogen) atoms. The normalized spacial score (nSPS) is 16.3. The summed E-state index contributed by atoms with van der Waals surface area (Å²) >= 11 is 0. The number of anilines is 1. The second-order valence-electron chi connectivity index (χ2n) is 8.35. The molecule has 0 saturated carbocycles. The van der Waals surface area contributed by atoms with Crippen LogP contribution >= 0.6 is 0 Å². The first-order chi connectivity index (χ1) is 16.5. The van der Waals surface area contributed by atoms with Crippen LogP contribution in [0.2, 0.25) is 0 Å². The van der Waals surface area contributed by atoms with Gasteiger partial charge in [0.15, 0.2) is 0 Å². The second-order valence-corrected chi connectivity index (χ2v) is 8.35. The van der Waals surface area contributed by atoms with Crippen molar-refractivity contribution in [3.8, 4) is 0 Å². The monoisotopic (exact) mass is 502 g/mol. The van der Waals surface area contributed by atoms with Crippen LogP contribution in [-0.2, 0) is 16.9 Å². The summed E-state index contributed by atoms with van der Waals surface area (Å²) in [4.78, 5) is 4.11. The Hall–Kier alpha value is -2.56. The molecule has 1 fully saturated rings. The lowest BCUT2D eigenvalue weighted by molar-refractivity contribution is -0.376. The average molecular weight is 502 g/mol. The number of rotatable bonds is 8. The van der Waals surface area contributed by atoms with E-state index in [2.05, 4.69) is 4.90 Å². The Bertz CT molecular complexity index is 970. The maximum atomic E-state index is 13.3. The van der Waals surface area contributed by atoms with E-state index < -0.39 is 23.5 Å². The van der Waals surface area contributed by atoms with Crippen molar-refractivity contribution in [1.82, 2.24) is 4.90 Å². The lowest BCUT2D eigenvalue weighted by atomic mass is 9.90. The molecule has 0 spiro atoms. The highest BCUT2D eigenvalue weighted by molar-refractivity contribution is 5.69. The quantitative estimate of drug-likeness (QED) is 0.389. The molecular weight excluding hydrogens is 474 g/mol. The first-order valence-corrected chi connectivity index (χ1v) is 11.2. The number of nitrogens with zero attached hydrogens (tertiary/aromatic N) is 2. The van der Waals surface area contributed by atoms with Crippen LogP contribution in [0.4, 0.5) is 32.0 Å². The Labute approximate surface area is 200 Å². The fraction of sp³-hybridized carbons (Fsp3) is 0.440. The molecule has 10 heteroatoms. The van der Waals surface area contributed by atoms with Crippen LogP contribution < -0.4 is 4.90 Å². The zero-order valence-electron chi connectivity index (χ0n) is 19.2. The molecule has 1 heterocycles. The van der Waals surface area contributed by atoms with Crippen molar-refractivity contribution in [2.75, 3.05) is 44.2 Å². The number of halogens is 6. The molecule has 0 amide bonds. The van der Waals surface area contributed by atoms with E-state index in [0.717, 1.165) is 11.6 Å². The number of allylic oxidation sites excluding steroid dienone is 1. The van der Waals surface area contributed by atoms with E-state index in [9.17, 15) is 31.4 Å². The van der Waals surface area contributed by atoms with Crippen molar-refractivity contribution < 1.29 is 36.2 Å². The largest absolute Gasteiger partial charge is 0.430 e. The van der Waals surface area contributed by atoms with Gasteiger partial charge in [-0.1, -0.05) is 48.6 Å². The number of hydrogen-bond acceptors (Lipinski definition) is 4. The van der Waals surface area contributed by atoms with Crippen molar-refractivity contribution in [3.63, 3.8) is 0 Å². The Morgan fingerprint density at radius 2 is 1.54 bits per heavy atom. The summed E-state index contributed by atoms with van der Waals surface area (Å²) in [5, 5.41) is 9.75. The summed E-state index contributed by atoms with van der Waals surface area (Å²) in [6.45, 7) is 5.82. The van der Waals surface area contributed by atoms with E-state index in [0.29, 0.717) is 57.7 Å². The molecule has 0 aromatic heterocycles. The summed E-state index contributed by atoms with van der Waals surface area (Å²) in [6.07, 6.45) is -8.87. The minimum Gasteiger partial charge on any atom is -0.375 e. The summed E-state index contributed by atoms with van der Waals surface area (Å²) in [5.41, 5.74) is -4.44. The minimum atomic E-state index is -5.92. The number of aliphatic hydroxyl groups is 1. The first-order valence-electron chi connectivity index (χ1n) is 11.2. The van der Waals surface area contributed by atoms with Crippen LogP contribution in [0.3, 0.4) is 0 Å². The molecule has 0 bridgehead atoms. The van der Waals surface area contributed by atoms with Crippen molar-refractivity contribution in [3.05, 3.63) is 71.3 Å². The maximum absolute atomic E-state index is 13.3. The molecule has 1 N–H and O–H groups in total. The Balaban J connectivity index is 1.66. The predicted molar refractivity (Wildman–Crippen MR) is 122 cm³/mol. The van der Waals surface area contributed by atoms with Gasteiger partial charge in [-0.05, 0) is 30.2 Å². The van der Waals surface area contributed by atoms with Crippen LogP contribution in [0.25, 0.3) is 6.08 Å². The molecule has 1 aliphatic heterocycles. The lowest BCUT2D eigenvalue weighted by Crippen LogP contribution is -2.54. The van der Waals surface area contributed by atoms with Gasteiger partial charge in [-0.3, -0.25) is 4.90 Å². The van der Waals surface area contributed by atoms with E-state index >= 15 is 0 Å². The summed E-state index contributed by atoms with van der Waals surface area (Å²) in [5.74, 6) is 0. The van der Waals surface area contributed by atoms with Gasteiger partial charge >= 0.3 is 12.4 Å². The third-order valence-electron chi connectivity index (χ3n) is 5.99. The van der Waals surface area contributed by atoms with Gasteiger partial charge in [-0.2, -0.15) is 26.3 Å². The van der Waals surface area contributed by atoms with Crippen LogP contribution in [0.1, 0.15) is 23.6 Å². The summed E-state index contributed by atoms with van der Waals surface area (Å²) in [7, 11) is 0. The summed E-state index contributed by atoms with van der Waals surface area (Å²) < 4.78 is 85.6. The Kier molecular flexibility index (Phi) is 8.50. The highest BCUT2D eigenvalue weighted by Gasteiger charge is 2.71. The highest BCUT2D eigenvalue weighted by atomic mass is 19.4. The van der Waals surface area contributed by atoms with Crippen LogP contribution in [-0.4, -0.2) is 61.7 Å². The fourth-order valence-corrected chi connectivity index (χ4v) is 4.04. The lowest BCUT2D eigenvalue weighted by Gasteiger charge is -2.37. The van der Waals surface area contributed by atoms with E-state index in [1.165, 1.54) is 18.2 Å². The predicted octanol–water partition coefficient (Wildman–Crippen LogP) is 5.37. The number of alkyl halides is 6. The number of hydrogen-bond donors (Lipinski definition) is 1. The zero-order chi connectivity index (χ0) is 25.7. The number of piperazine rings is 1. The van der Waals surface area contributed by atoms with Crippen LogP contribution in [0.15, 0.2) is 54.6 Å². The van der Waals surface area contributed by atoms with E-state index in [1.807, 2.05) is 35.2 Å². The number of ether oxygens (including phenoxy) is 1. The Morgan fingerprint density at radius 1 is 0.914 bits per heavy atom. The van der Waals surface area contributed by atoms with Crippen molar-refractivity contribution in [1.29, 1.82) is 0 Å². The van der Waals surface area contributed by atoms with Crippen molar-refractivity contribution in [2.45, 2.75) is 31.5 Å². The average Bonchev–Trinajstić information content (AvgIpc) is 2.81. The third kappa shape index (κ3) is 6.17. The molecule has 0 atom stereocenters. The second kappa shape index (κ2) is 11.0. The molecule has 0 aliphatic carbocycles. The third-order valence-corrected chi connectivity index (χ3v) is 5.99. The van der Waals surface area contributed by atoms with Gasteiger partial charge < -0.3 is 14.7 Å². The highest BCUT2D eigenvalue weighted by Crippen LogP contribution is 2.50. The molecule has 4 nitrogen and oxygen atoms in total. The molecule has 1 aliphatic rings. The number of benzene rings is 2. The summed E-state index contributed by atoms with van der Waals surface area (Å²) in [6, 6.07) is 12.5. The van der Waals surface area contributed by atoms with Crippen molar-refractivity contribution in [2.24, 2.45) is 0 Å². The standard InChI is InChI=1S/C25H28F6N2O2/c1-2-6-20-17-21(23(34,24(26,27)28)25(29,30)31)9-10-22(20)33-13-11-32(12-14-33)15-16-35-18-19-7-4-3-5-8-19/h2-10,17,34H,11-16,18H2,1H3. The molecule has 2 aromatic rings. The van der Waals surface area contributed by atoms with Gasteiger partial charge in [0.25, 0.3) is 5.60 Å². The van der Waals surface area contributed by atoms with Gasteiger partial charge in [0.05, 0.1) is 13.2 Å². The zero-order valence-corrected chi connectivity index (χ0v) is 19.2. The van der Waals surface area contributed by atoms with Gasteiger partial charge in [-0.25, -0.2) is 0 Å². The maximum Gasteiger partial charge on any atom is 0.430 e. The SMILES string of the molecule is CC=Cc1cc(C(O)(C(F)(F)F)C(F)(F)F)ccc1N1CCN(CCOCc2ccccc2)CC1. The molecular formula is C25H28F6N2O2. The van der Waals surface area contributed by atoms with E-state index in [4.69, 9.17) is 4.74 Å². The minimum absolute atomic E-state index is 0.177. The fourth-order valence-electron chi connectivity index (χ4n) is 4.04. The molecule has 3 rings (SSSR count). The topological polar surface area (TPSA) is 35.9 Å². The van der Waals surface area contributed by atoms with Crippen molar-refractivity contribution >= 4 is 11.8 Å². The van der Waals surface area contributed by atoms with Gasteiger partial charge in [0, 0.05) is 44.0 Å². The van der Waals surface area contributed by atoms with Gasteiger partial charge in [0.2, 0.25) is 0 Å². The van der Waals surface area contributed by atoms with Gasteiger partial charge in [-0.15, -0.1) is 0 Å². The molecule has 192 valence electrons. The van der Waals surface area contributed by atoms with Crippen LogP contribution in [0, 0.1) is 0 Å². The smallest absolute Gasteiger partial charge is 0.375 e. The molecule has 2 aromatic carbocycles. The van der Waals surface area contributed by atoms with Gasteiger partial charge in [0.1, 0.15) is 0 Å². The molecule has 0 unspecified atom stereocenters. The van der Waals surface area contributed by atoms with E-state index in [-0.39, 0.29) is 5.56 Å². The van der Waals surface area contributed by atoms with Crippen LogP contribution in [0.5, 0.6) is 0 Å². The first kappa shape index (κ1) is 27.0.